The molecule has 0 fully saturated rings. The van der Waals surface area contributed by atoms with Crippen LogP contribution < -0.4 is 10.1 Å². The summed E-state index contributed by atoms with van der Waals surface area (Å²) in [5.41, 5.74) is 3.21. The predicted octanol–water partition coefficient (Wildman–Crippen LogP) is 5.86. The van der Waals surface area contributed by atoms with Gasteiger partial charge in [-0.05, 0) is 55.7 Å². The highest BCUT2D eigenvalue weighted by Crippen LogP contribution is 2.26. The smallest absolute Gasteiger partial charge is 0.251 e. The highest BCUT2D eigenvalue weighted by molar-refractivity contribution is 6.41. The highest BCUT2D eigenvalue weighted by Gasteiger charge is 2.11. The van der Waals surface area contributed by atoms with Crippen LogP contribution in [0.3, 0.4) is 0 Å². The van der Waals surface area contributed by atoms with Crippen molar-refractivity contribution in [3.8, 4) is 5.75 Å². The van der Waals surface area contributed by atoms with Gasteiger partial charge in [-0.2, -0.15) is 5.10 Å². The number of aromatic nitrogens is 2. The van der Waals surface area contributed by atoms with Crippen LogP contribution in [0.1, 0.15) is 33.6 Å². The summed E-state index contributed by atoms with van der Waals surface area (Å²) in [4.78, 5) is 12.5. The minimum absolute atomic E-state index is 0.147. The van der Waals surface area contributed by atoms with E-state index in [1.165, 1.54) is 0 Å². The first-order chi connectivity index (χ1) is 14.3. The number of hydrogen-bond acceptors (Lipinski definition) is 3. The molecule has 158 valence electrons. The number of nitrogens with zero attached hydrogens (tertiary/aromatic N) is 2. The first-order valence-electron chi connectivity index (χ1n) is 9.49. The van der Waals surface area contributed by atoms with Crippen LogP contribution in [-0.2, 0) is 13.2 Å². The van der Waals surface area contributed by atoms with Crippen LogP contribution >= 0.6 is 34.8 Å². The second-order valence-electron chi connectivity index (χ2n) is 6.95. The Balaban J connectivity index is 1.51. The molecule has 0 spiro atoms. The Labute approximate surface area is 190 Å². The molecule has 1 heterocycles. The fourth-order valence-electron chi connectivity index (χ4n) is 2.90. The van der Waals surface area contributed by atoms with Crippen molar-refractivity contribution in [3.63, 3.8) is 0 Å². The van der Waals surface area contributed by atoms with E-state index in [1.54, 1.807) is 17.7 Å². The van der Waals surface area contributed by atoms with Crippen LogP contribution in [0.2, 0.25) is 15.2 Å². The fourth-order valence-corrected chi connectivity index (χ4v) is 3.46. The number of rotatable bonds is 8. The number of carbonyl (C=O) groups is 1. The van der Waals surface area contributed by atoms with E-state index < -0.39 is 0 Å². The molecule has 0 atom stereocenters. The fraction of sp³-hybridized carbons (Fsp3) is 0.273. The Kier molecular flexibility index (Phi) is 7.64. The van der Waals surface area contributed by atoms with Crippen LogP contribution in [0.4, 0.5) is 0 Å². The monoisotopic (exact) mass is 465 g/mol. The molecule has 0 saturated heterocycles. The van der Waals surface area contributed by atoms with Gasteiger partial charge >= 0.3 is 0 Å². The molecule has 8 heteroatoms. The van der Waals surface area contributed by atoms with E-state index in [9.17, 15) is 4.79 Å². The van der Waals surface area contributed by atoms with Crippen molar-refractivity contribution >= 4 is 40.7 Å². The Morgan fingerprint density at radius 2 is 1.93 bits per heavy atom. The molecule has 30 heavy (non-hydrogen) atoms. The van der Waals surface area contributed by atoms with Crippen molar-refractivity contribution in [2.75, 3.05) is 6.54 Å². The molecule has 3 rings (SSSR count). The summed E-state index contributed by atoms with van der Waals surface area (Å²) in [5.74, 6) is 0.477. The zero-order valence-corrected chi connectivity index (χ0v) is 19.0. The SMILES string of the molecule is Cc1ccc(Cl)c(OCc2cccc(C(=O)NCCCn3nc(C)c(Cl)c3Cl)c2)c1. The minimum atomic E-state index is -0.147. The van der Waals surface area contributed by atoms with Gasteiger partial charge in [0.2, 0.25) is 0 Å². The lowest BCUT2D eigenvalue weighted by atomic mass is 10.1. The molecule has 1 N–H and O–H groups in total. The molecular weight excluding hydrogens is 445 g/mol. The number of benzene rings is 2. The predicted molar refractivity (Wildman–Crippen MR) is 121 cm³/mol. The van der Waals surface area contributed by atoms with Crippen molar-refractivity contribution in [1.29, 1.82) is 0 Å². The molecule has 3 aromatic rings. The van der Waals surface area contributed by atoms with E-state index in [2.05, 4.69) is 10.4 Å². The standard InChI is InChI=1S/C22H22Cl3N3O2/c1-14-7-8-18(23)19(11-14)30-13-16-5-3-6-17(12-16)22(29)26-9-4-10-28-21(25)20(24)15(2)27-28/h3,5-8,11-12H,4,9-10,13H2,1-2H3,(H,26,29). The van der Waals surface area contributed by atoms with Gasteiger partial charge in [0.15, 0.2) is 0 Å². The molecule has 0 aliphatic heterocycles. The van der Waals surface area contributed by atoms with E-state index in [4.69, 9.17) is 39.5 Å². The first-order valence-corrected chi connectivity index (χ1v) is 10.6. The summed E-state index contributed by atoms with van der Waals surface area (Å²) < 4.78 is 7.45. The lowest BCUT2D eigenvalue weighted by Crippen LogP contribution is -2.25. The molecule has 0 bridgehead atoms. The summed E-state index contributed by atoms with van der Waals surface area (Å²) in [6.45, 7) is 5.16. The lowest BCUT2D eigenvalue weighted by Gasteiger charge is -2.10. The average Bonchev–Trinajstić information content (AvgIpc) is 2.98. The number of hydrogen-bond donors (Lipinski definition) is 1. The maximum absolute atomic E-state index is 12.5. The summed E-state index contributed by atoms with van der Waals surface area (Å²) in [7, 11) is 0. The van der Waals surface area contributed by atoms with Gasteiger partial charge in [-0.25, -0.2) is 0 Å². The lowest BCUT2D eigenvalue weighted by molar-refractivity contribution is 0.0952. The summed E-state index contributed by atoms with van der Waals surface area (Å²) in [6.07, 6.45) is 0.678. The Morgan fingerprint density at radius 1 is 1.13 bits per heavy atom. The quantitative estimate of drug-likeness (QED) is 0.423. The van der Waals surface area contributed by atoms with Crippen molar-refractivity contribution in [3.05, 3.63) is 80.0 Å². The third-order valence-corrected chi connectivity index (χ3v) is 5.74. The van der Waals surface area contributed by atoms with E-state index >= 15 is 0 Å². The third kappa shape index (κ3) is 5.69. The molecule has 5 nitrogen and oxygen atoms in total. The average molecular weight is 467 g/mol. The Morgan fingerprint density at radius 3 is 2.67 bits per heavy atom. The third-order valence-electron chi connectivity index (χ3n) is 4.50. The minimum Gasteiger partial charge on any atom is -0.487 e. The number of ether oxygens (including phenoxy) is 1. The number of halogens is 3. The number of carbonyl (C=O) groups excluding carboxylic acids is 1. The molecule has 0 radical (unpaired) electrons. The summed E-state index contributed by atoms with van der Waals surface area (Å²) in [6, 6.07) is 12.9. The van der Waals surface area contributed by atoms with Crippen molar-refractivity contribution < 1.29 is 9.53 Å². The van der Waals surface area contributed by atoms with Crippen LogP contribution in [0.5, 0.6) is 5.75 Å². The highest BCUT2D eigenvalue weighted by atomic mass is 35.5. The largest absolute Gasteiger partial charge is 0.487 e. The van der Waals surface area contributed by atoms with Gasteiger partial charge in [-0.15, -0.1) is 0 Å². The van der Waals surface area contributed by atoms with Crippen LogP contribution in [-0.4, -0.2) is 22.2 Å². The van der Waals surface area contributed by atoms with Crippen molar-refractivity contribution in [2.45, 2.75) is 33.4 Å². The molecule has 1 aromatic heterocycles. The van der Waals surface area contributed by atoms with E-state index in [1.807, 2.05) is 43.3 Å². The topological polar surface area (TPSA) is 56.1 Å². The van der Waals surface area contributed by atoms with Gasteiger partial charge in [0.25, 0.3) is 5.91 Å². The van der Waals surface area contributed by atoms with Crippen LogP contribution in [0, 0.1) is 13.8 Å². The van der Waals surface area contributed by atoms with E-state index in [0.29, 0.717) is 58.3 Å². The van der Waals surface area contributed by atoms with Gasteiger partial charge in [-0.1, -0.05) is 53.0 Å². The van der Waals surface area contributed by atoms with Gasteiger partial charge < -0.3 is 10.1 Å². The molecule has 2 aromatic carbocycles. The summed E-state index contributed by atoms with van der Waals surface area (Å²) in [5, 5.41) is 8.62. The first kappa shape index (κ1) is 22.5. The van der Waals surface area contributed by atoms with E-state index in [0.717, 1.165) is 11.1 Å². The second-order valence-corrected chi connectivity index (χ2v) is 8.09. The van der Waals surface area contributed by atoms with Gasteiger partial charge in [-0.3, -0.25) is 9.48 Å². The molecule has 0 aliphatic rings. The molecular formula is C22H22Cl3N3O2. The molecule has 0 aliphatic carbocycles. The maximum Gasteiger partial charge on any atom is 0.251 e. The number of amides is 1. The van der Waals surface area contributed by atoms with Crippen LogP contribution in [0.15, 0.2) is 42.5 Å². The van der Waals surface area contributed by atoms with Gasteiger partial charge in [0.1, 0.15) is 22.5 Å². The zero-order chi connectivity index (χ0) is 21.7. The van der Waals surface area contributed by atoms with E-state index in [-0.39, 0.29) is 5.91 Å². The molecule has 0 saturated carbocycles. The normalized spacial score (nSPS) is 10.8. The van der Waals surface area contributed by atoms with Crippen molar-refractivity contribution in [1.82, 2.24) is 15.1 Å². The molecule has 0 unspecified atom stereocenters. The Hall–Kier alpha value is -2.21. The zero-order valence-electron chi connectivity index (χ0n) is 16.7. The summed E-state index contributed by atoms with van der Waals surface area (Å²) >= 11 is 18.3. The van der Waals surface area contributed by atoms with Gasteiger partial charge in [0, 0.05) is 18.7 Å². The van der Waals surface area contributed by atoms with Gasteiger partial charge in [0.05, 0.1) is 10.7 Å². The Bertz CT molecular complexity index is 1050. The molecule has 1 amide bonds. The number of nitrogens with one attached hydrogen (secondary N) is 1. The number of aryl methyl sites for hydroxylation is 3. The maximum atomic E-state index is 12.5. The van der Waals surface area contributed by atoms with Crippen molar-refractivity contribution in [2.24, 2.45) is 0 Å². The second kappa shape index (κ2) is 10.2. The van der Waals surface area contributed by atoms with Crippen LogP contribution in [0.25, 0.3) is 0 Å².